The number of carbonyl (C=O) groups is 1. The Morgan fingerprint density at radius 3 is 2.55 bits per heavy atom. The van der Waals surface area contributed by atoms with Crippen LogP contribution in [-0.4, -0.2) is 67.1 Å². The number of nitrogens with zero attached hydrogens (tertiary/aromatic N) is 4. The summed E-state index contributed by atoms with van der Waals surface area (Å²) in [7, 11) is 1.46. The minimum absolute atomic E-state index is 0.0511. The quantitative estimate of drug-likeness (QED) is 0.775. The number of carbonyl (C=O) groups excluding carboxylic acids is 1. The zero-order valence-electron chi connectivity index (χ0n) is 16.8. The number of halogens is 1. The summed E-state index contributed by atoms with van der Waals surface area (Å²) in [6, 6.07) is 8.79. The smallest absolute Gasteiger partial charge is 0.257 e. The van der Waals surface area contributed by atoms with E-state index in [0.29, 0.717) is 25.2 Å². The van der Waals surface area contributed by atoms with Gasteiger partial charge in [0.2, 0.25) is 0 Å². The molecule has 2 aliphatic rings. The number of hydrogen-bond acceptors (Lipinski definition) is 5. The number of benzene rings is 1. The number of aromatic nitrogens is 1. The van der Waals surface area contributed by atoms with Gasteiger partial charge < -0.3 is 14.5 Å². The van der Waals surface area contributed by atoms with E-state index in [1.165, 1.54) is 13.2 Å². The second-order valence-electron chi connectivity index (χ2n) is 7.61. The van der Waals surface area contributed by atoms with Crippen molar-refractivity contribution in [2.45, 2.75) is 19.4 Å². The van der Waals surface area contributed by atoms with Crippen LogP contribution in [0.25, 0.3) is 0 Å². The van der Waals surface area contributed by atoms with Crippen LogP contribution in [0.3, 0.4) is 0 Å². The van der Waals surface area contributed by atoms with Crippen LogP contribution in [0.5, 0.6) is 5.75 Å². The van der Waals surface area contributed by atoms with E-state index in [1.54, 1.807) is 12.3 Å². The van der Waals surface area contributed by atoms with Gasteiger partial charge in [-0.3, -0.25) is 9.69 Å². The third-order valence-electron chi connectivity index (χ3n) is 5.70. The fourth-order valence-corrected chi connectivity index (χ4v) is 4.09. The zero-order valence-corrected chi connectivity index (χ0v) is 16.8. The van der Waals surface area contributed by atoms with Crippen LogP contribution in [0.2, 0.25) is 0 Å². The van der Waals surface area contributed by atoms with Gasteiger partial charge in [0.25, 0.3) is 5.91 Å². The summed E-state index contributed by atoms with van der Waals surface area (Å²) in [5.41, 5.74) is 1.60. The summed E-state index contributed by atoms with van der Waals surface area (Å²) in [4.78, 5) is 24.0. The van der Waals surface area contributed by atoms with Gasteiger partial charge in [0, 0.05) is 52.0 Å². The highest BCUT2D eigenvalue weighted by atomic mass is 19.1. The summed E-state index contributed by atoms with van der Waals surface area (Å²) in [6.45, 7) is 5.43. The van der Waals surface area contributed by atoms with Crippen LogP contribution in [0.15, 0.2) is 36.5 Å². The molecule has 0 unspecified atom stereocenters. The maximum atomic E-state index is 13.9. The molecular weight excluding hydrogens is 371 g/mol. The van der Waals surface area contributed by atoms with E-state index in [2.05, 4.69) is 14.8 Å². The van der Waals surface area contributed by atoms with Crippen LogP contribution >= 0.6 is 0 Å². The average molecular weight is 398 g/mol. The molecule has 0 bridgehead atoms. The lowest BCUT2D eigenvalue weighted by atomic mass is 10.1. The Labute approximate surface area is 170 Å². The first-order valence-corrected chi connectivity index (χ1v) is 10.2. The SMILES string of the molecule is COc1ccc(CN2CCN(C(=O)c3cccnc3N3CCCC3)CC2)cc1F. The standard InChI is InChI=1S/C22H27FN4O2/c1-29-20-7-6-17(15-19(20)23)16-25-11-13-27(14-12-25)22(28)18-5-4-8-24-21(18)26-9-2-3-10-26/h4-8,15H,2-3,9-14,16H2,1H3. The Balaban J connectivity index is 1.37. The molecule has 0 N–H and O–H groups in total. The van der Waals surface area contributed by atoms with Crippen LogP contribution < -0.4 is 9.64 Å². The summed E-state index contributed by atoms with van der Waals surface area (Å²) in [6.07, 6.45) is 4.06. The molecule has 1 amide bonds. The zero-order chi connectivity index (χ0) is 20.2. The molecule has 0 saturated carbocycles. The van der Waals surface area contributed by atoms with E-state index >= 15 is 0 Å². The van der Waals surface area contributed by atoms with Crippen molar-refractivity contribution >= 4 is 11.7 Å². The maximum absolute atomic E-state index is 13.9. The largest absolute Gasteiger partial charge is 0.494 e. The van der Waals surface area contributed by atoms with Gasteiger partial charge >= 0.3 is 0 Å². The van der Waals surface area contributed by atoms with Gasteiger partial charge in [0.15, 0.2) is 11.6 Å². The first-order valence-electron chi connectivity index (χ1n) is 10.2. The van der Waals surface area contributed by atoms with Gasteiger partial charge in [0.05, 0.1) is 12.7 Å². The Morgan fingerprint density at radius 2 is 1.86 bits per heavy atom. The molecule has 2 saturated heterocycles. The maximum Gasteiger partial charge on any atom is 0.257 e. The molecule has 3 heterocycles. The normalized spacial score (nSPS) is 17.6. The van der Waals surface area contributed by atoms with E-state index in [0.717, 1.165) is 50.4 Å². The van der Waals surface area contributed by atoms with E-state index in [1.807, 2.05) is 23.1 Å². The lowest BCUT2D eigenvalue weighted by Gasteiger charge is -2.35. The van der Waals surface area contributed by atoms with E-state index < -0.39 is 0 Å². The molecule has 154 valence electrons. The third kappa shape index (κ3) is 4.34. The van der Waals surface area contributed by atoms with Crippen molar-refractivity contribution in [3.63, 3.8) is 0 Å². The van der Waals surface area contributed by atoms with Crippen LogP contribution in [-0.2, 0) is 6.54 Å². The minimum Gasteiger partial charge on any atom is -0.494 e. The number of amides is 1. The van der Waals surface area contributed by atoms with Crippen LogP contribution in [0.1, 0.15) is 28.8 Å². The Morgan fingerprint density at radius 1 is 1.10 bits per heavy atom. The van der Waals surface area contributed by atoms with Gasteiger partial charge in [-0.25, -0.2) is 9.37 Å². The number of methoxy groups -OCH3 is 1. The van der Waals surface area contributed by atoms with Gasteiger partial charge in [-0.05, 0) is 42.7 Å². The predicted molar refractivity (Wildman–Crippen MR) is 110 cm³/mol. The van der Waals surface area contributed by atoms with Crippen molar-refractivity contribution in [2.24, 2.45) is 0 Å². The third-order valence-corrected chi connectivity index (χ3v) is 5.70. The Kier molecular flexibility index (Phi) is 5.94. The summed E-state index contributed by atoms with van der Waals surface area (Å²) in [5.74, 6) is 0.778. The topological polar surface area (TPSA) is 48.9 Å². The number of hydrogen-bond donors (Lipinski definition) is 0. The van der Waals surface area contributed by atoms with Crippen molar-refractivity contribution in [1.29, 1.82) is 0 Å². The molecule has 0 radical (unpaired) electrons. The molecule has 1 aromatic heterocycles. The monoisotopic (exact) mass is 398 g/mol. The van der Waals surface area contributed by atoms with Crippen molar-refractivity contribution in [1.82, 2.24) is 14.8 Å². The second-order valence-corrected chi connectivity index (χ2v) is 7.61. The van der Waals surface area contributed by atoms with E-state index in [-0.39, 0.29) is 17.5 Å². The molecule has 4 rings (SSSR count). The Hall–Kier alpha value is -2.67. The molecular formula is C22H27FN4O2. The van der Waals surface area contributed by atoms with Gasteiger partial charge in [0.1, 0.15) is 5.82 Å². The molecule has 6 nitrogen and oxygen atoms in total. The second kappa shape index (κ2) is 8.78. The molecule has 0 aliphatic carbocycles. The summed E-state index contributed by atoms with van der Waals surface area (Å²) < 4.78 is 18.9. The fourth-order valence-electron chi connectivity index (χ4n) is 4.09. The lowest BCUT2D eigenvalue weighted by molar-refractivity contribution is 0.0628. The van der Waals surface area contributed by atoms with Crippen molar-refractivity contribution in [3.8, 4) is 5.75 Å². The molecule has 0 spiro atoms. The molecule has 2 aliphatic heterocycles. The molecule has 2 aromatic rings. The number of rotatable bonds is 5. The van der Waals surface area contributed by atoms with Gasteiger partial charge in [-0.15, -0.1) is 0 Å². The van der Waals surface area contributed by atoms with Crippen molar-refractivity contribution in [3.05, 3.63) is 53.5 Å². The molecule has 0 atom stereocenters. The van der Waals surface area contributed by atoms with Crippen LogP contribution in [0, 0.1) is 5.82 Å². The highest BCUT2D eigenvalue weighted by Gasteiger charge is 2.26. The summed E-state index contributed by atoms with van der Waals surface area (Å²) in [5, 5.41) is 0. The van der Waals surface area contributed by atoms with Gasteiger partial charge in [-0.2, -0.15) is 0 Å². The van der Waals surface area contributed by atoms with Crippen molar-refractivity contribution < 1.29 is 13.9 Å². The number of ether oxygens (including phenoxy) is 1. The average Bonchev–Trinajstić information content (AvgIpc) is 3.29. The molecule has 29 heavy (non-hydrogen) atoms. The number of anilines is 1. The van der Waals surface area contributed by atoms with Crippen molar-refractivity contribution in [2.75, 3.05) is 51.3 Å². The molecule has 2 fully saturated rings. The first kappa shape index (κ1) is 19.6. The molecule has 7 heteroatoms. The van der Waals surface area contributed by atoms with E-state index in [9.17, 15) is 9.18 Å². The van der Waals surface area contributed by atoms with Gasteiger partial charge in [-0.1, -0.05) is 6.07 Å². The predicted octanol–water partition coefficient (Wildman–Crippen LogP) is 2.79. The first-order chi connectivity index (χ1) is 14.2. The lowest BCUT2D eigenvalue weighted by Crippen LogP contribution is -2.48. The fraction of sp³-hybridized carbons (Fsp3) is 0.455. The highest BCUT2D eigenvalue weighted by molar-refractivity contribution is 5.99. The van der Waals surface area contributed by atoms with Crippen LogP contribution in [0.4, 0.5) is 10.2 Å². The Bertz CT molecular complexity index is 862. The number of piperazine rings is 1. The minimum atomic E-state index is -0.343. The summed E-state index contributed by atoms with van der Waals surface area (Å²) >= 11 is 0. The van der Waals surface area contributed by atoms with E-state index in [4.69, 9.17) is 4.74 Å². The number of pyridine rings is 1. The highest BCUT2D eigenvalue weighted by Crippen LogP contribution is 2.24. The molecule has 1 aromatic carbocycles.